The third-order valence-corrected chi connectivity index (χ3v) is 5.59. The predicted molar refractivity (Wildman–Crippen MR) is 93.8 cm³/mol. The highest BCUT2D eigenvalue weighted by Gasteiger charge is 2.40. The van der Waals surface area contributed by atoms with Crippen molar-refractivity contribution in [2.75, 3.05) is 26.7 Å². The number of hydrogen-bond donors (Lipinski definition) is 1. The molecule has 2 aliphatic heterocycles. The topological polar surface area (TPSA) is 52.7 Å². The quantitative estimate of drug-likeness (QED) is 0.892. The van der Waals surface area contributed by atoms with Crippen molar-refractivity contribution in [1.29, 1.82) is 0 Å². The number of nitrogens with one attached hydrogen (secondary N) is 1. The number of benzene rings is 1. The number of amides is 3. The Morgan fingerprint density at radius 1 is 1.21 bits per heavy atom. The molecule has 5 nitrogen and oxygen atoms in total. The van der Waals surface area contributed by atoms with Crippen LogP contribution in [0.25, 0.3) is 0 Å². The lowest BCUT2D eigenvalue weighted by molar-refractivity contribution is -0.137. The van der Waals surface area contributed by atoms with E-state index in [9.17, 15) is 9.59 Å². The van der Waals surface area contributed by atoms with Crippen LogP contribution in [0, 0.1) is 5.41 Å². The van der Waals surface area contributed by atoms with Crippen LogP contribution in [0.15, 0.2) is 24.3 Å². The van der Waals surface area contributed by atoms with Gasteiger partial charge >= 0.3 is 6.03 Å². The standard InChI is InChI=1S/C18H24ClN3O2/c1-21-13-18(7-6-16(21)23)8-10-22(11-9-18)17(24)20-12-14-2-4-15(19)5-3-14/h2-5H,6-13H2,1H3,(H,20,24). The van der Waals surface area contributed by atoms with Crippen molar-refractivity contribution < 1.29 is 9.59 Å². The van der Waals surface area contributed by atoms with Crippen LogP contribution in [0.3, 0.4) is 0 Å². The van der Waals surface area contributed by atoms with Gasteiger partial charge in [0.25, 0.3) is 0 Å². The maximum absolute atomic E-state index is 12.4. The molecule has 1 spiro atoms. The van der Waals surface area contributed by atoms with Crippen molar-refractivity contribution in [3.05, 3.63) is 34.9 Å². The molecule has 130 valence electrons. The highest BCUT2D eigenvalue weighted by Crippen LogP contribution is 2.39. The van der Waals surface area contributed by atoms with E-state index in [1.165, 1.54) is 0 Å². The van der Waals surface area contributed by atoms with Crippen molar-refractivity contribution in [3.8, 4) is 0 Å². The molecule has 0 radical (unpaired) electrons. The number of carbonyl (C=O) groups excluding carboxylic acids is 2. The summed E-state index contributed by atoms with van der Waals surface area (Å²) < 4.78 is 0. The Morgan fingerprint density at radius 3 is 2.50 bits per heavy atom. The fourth-order valence-corrected chi connectivity index (χ4v) is 3.84. The first-order chi connectivity index (χ1) is 11.5. The average molecular weight is 350 g/mol. The van der Waals surface area contributed by atoms with Gasteiger partial charge in [0.05, 0.1) is 0 Å². The molecule has 0 aromatic heterocycles. The van der Waals surface area contributed by atoms with Gasteiger partial charge in [0.15, 0.2) is 0 Å². The van der Waals surface area contributed by atoms with Crippen LogP contribution >= 0.6 is 11.6 Å². The minimum Gasteiger partial charge on any atom is -0.345 e. The summed E-state index contributed by atoms with van der Waals surface area (Å²) >= 11 is 5.87. The van der Waals surface area contributed by atoms with Crippen LogP contribution in [-0.2, 0) is 11.3 Å². The monoisotopic (exact) mass is 349 g/mol. The van der Waals surface area contributed by atoms with E-state index in [2.05, 4.69) is 5.32 Å². The Kier molecular flexibility index (Phi) is 4.99. The maximum Gasteiger partial charge on any atom is 0.317 e. The third kappa shape index (κ3) is 3.83. The molecule has 0 aliphatic carbocycles. The molecule has 2 saturated heterocycles. The van der Waals surface area contributed by atoms with Crippen LogP contribution in [0.5, 0.6) is 0 Å². The number of likely N-dealkylation sites (tertiary alicyclic amines) is 2. The number of hydrogen-bond acceptors (Lipinski definition) is 2. The van der Waals surface area contributed by atoms with Crippen molar-refractivity contribution in [1.82, 2.24) is 15.1 Å². The molecule has 2 heterocycles. The zero-order chi connectivity index (χ0) is 17.2. The zero-order valence-electron chi connectivity index (χ0n) is 14.1. The summed E-state index contributed by atoms with van der Waals surface area (Å²) in [6.45, 7) is 2.85. The predicted octanol–water partition coefficient (Wildman–Crippen LogP) is 2.88. The molecule has 2 aliphatic rings. The van der Waals surface area contributed by atoms with E-state index in [4.69, 9.17) is 11.6 Å². The normalized spacial score (nSPS) is 20.3. The van der Waals surface area contributed by atoms with Gasteiger partial charge in [-0.15, -0.1) is 0 Å². The number of halogens is 1. The lowest BCUT2D eigenvalue weighted by atomic mass is 9.72. The molecule has 1 aromatic rings. The van der Waals surface area contributed by atoms with Gasteiger partial charge in [-0.3, -0.25) is 4.79 Å². The van der Waals surface area contributed by atoms with Gasteiger partial charge in [-0.2, -0.15) is 0 Å². The molecule has 1 aromatic carbocycles. The molecule has 3 rings (SSSR count). The van der Waals surface area contributed by atoms with Gasteiger partial charge in [0.2, 0.25) is 5.91 Å². The fourth-order valence-electron chi connectivity index (χ4n) is 3.72. The van der Waals surface area contributed by atoms with Crippen molar-refractivity contribution >= 4 is 23.5 Å². The van der Waals surface area contributed by atoms with Crippen LogP contribution in [0.1, 0.15) is 31.2 Å². The number of nitrogens with zero attached hydrogens (tertiary/aromatic N) is 2. The smallest absolute Gasteiger partial charge is 0.317 e. The summed E-state index contributed by atoms with van der Waals surface area (Å²) in [7, 11) is 1.88. The molecule has 2 fully saturated rings. The molecule has 0 saturated carbocycles. The second-order valence-corrected chi connectivity index (χ2v) is 7.46. The summed E-state index contributed by atoms with van der Waals surface area (Å²) in [4.78, 5) is 27.8. The molecular formula is C18H24ClN3O2. The van der Waals surface area contributed by atoms with E-state index in [1.54, 1.807) is 0 Å². The largest absolute Gasteiger partial charge is 0.345 e. The molecule has 6 heteroatoms. The van der Waals surface area contributed by atoms with Crippen LogP contribution < -0.4 is 5.32 Å². The molecule has 0 unspecified atom stereocenters. The molecule has 1 N–H and O–H groups in total. The Bertz CT molecular complexity index is 609. The first kappa shape index (κ1) is 17.1. The van der Waals surface area contributed by atoms with Crippen LogP contribution in [0.2, 0.25) is 5.02 Å². The molecule has 3 amide bonds. The minimum atomic E-state index is -0.0139. The lowest BCUT2D eigenvalue weighted by Crippen LogP contribution is -2.52. The highest BCUT2D eigenvalue weighted by atomic mass is 35.5. The van der Waals surface area contributed by atoms with E-state index in [0.717, 1.165) is 44.5 Å². The minimum absolute atomic E-state index is 0.0139. The first-order valence-electron chi connectivity index (χ1n) is 8.49. The van der Waals surface area contributed by atoms with E-state index >= 15 is 0 Å². The SMILES string of the molecule is CN1CC2(CCC1=O)CCN(C(=O)NCc1ccc(Cl)cc1)CC2. The van der Waals surface area contributed by atoms with E-state index in [1.807, 2.05) is 41.1 Å². The van der Waals surface area contributed by atoms with Gasteiger partial charge in [-0.05, 0) is 42.4 Å². The molecular weight excluding hydrogens is 326 g/mol. The number of piperidine rings is 2. The van der Waals surface area contributed by atoms with Gasteiger partial charge in [-0.1, -0.05) is 23.7 Å². The third-order valence-electron chi connectivity index (χ3n) is 5.34. The Balaban J connectivity index is 1.48. The Hall–Kier alpha value is -1.75. The van der Waals surface area contributed by atoms with E-state index in [-0.39, 0.29) is 17.4 Å². The van der Waals surface area contributed by atoms with Crippen LogP contribution in [0.4, 0.5) is 4.79 Å². The lowest BCUT2D eigenvalue weighted by Gasteiger charge is -2.46. The highest BCUT2D eigenvalue weighted by molar-refractivity contribution is 6.30. The average Bonchev–Trinajstić information content (AvgIpc) is 2.58. The maximum atomic E-state index is 12.4. The Labute approximate surface area is 147 Å². The van der Waals surface area contributed by atoms with E-state index in [0.29, 0.717) is 18.0 Å². The summed E-state index contributed by atoms with van der Waals surface area (Å²) in [6.07, 6.45) is 3.54. The fraction of sp³-hybridized carbons (Fsp3) is 0.556. The number of rotatable bonds is 2. The summed E-state index contributed by atoms with van der Waals surface area (Å²) in [5.74, 6) is 0.240. The first-order valence-corrected chi connectivity index (χ1v) is 8.86. The van der Waals surface area contributed by atoms with Gasteiger partial charge in [-0.25, -0.2) is 4.79 Å². The summed E-state index contributed by atoms with van der Waals surface area (Å²) in [5, 5.41) is 3.67. The zero-order valence-corrected chi connectivity index (χ0v) is 14.8. The number of carbonyl (C=O) groups is 2. The summed E-state index contributed by atoms with van der Waals surface area (Å²) in [6, 6.07) is 7.48. The second-order valence-electron chi connectivity index (χ2n) is 7.02. The Morgan fingerprint density at radius 2 is 1.88 bits per heavy atom. The van der Waals surface area contributed by atoms with Gasteiger partial charge in [0.1, 0.15) is 0 Å². The molecule has 0 atom stereocenters. The second kappa shape index (κ2) is 7.01. The van der Waals surface area contributed by atoms with E-state index < -0.39 is 0 Å². The number of urea groups is 1. The molecule has 24 heavy (non-hydrogen) atoms. The summed E-state index contributed by atoms with van der Waals surface area (Å²) in [5.41, 5.74) is 1.24. The van der Waals surface area contributed by atoms with Gasteiger partial charge in [0, 0.05) is 44.7 Å². The van der Waals surface area contributed by atoms with Crippen molar-refractivity contribution in [2.45, 2.75) is 32.2 Å². The molecule has 0 bridgehead atoms. The van der Waals surface area contributed by atoms with Crippen molar-refractivity contribution in [3.63, 3.8) is 0 Å². The van der Waals surface area contributed by atoms with Crippen molar-refractivity contribution in [2.24, 2.45) is 5.41 Å². The van der Waals surface area contributed by atoms with Gasteiger partial charge < -0.3 is 15.1 Å². The van der Waals surface area contributed by atoms with Crippen LogP contribution in [-0.4, -0.2) is 48.4 Å².